The number of rotatable bonds is 3. The van der Waals surface area contributed by atoms with Gasteiger partial charge < -0.3 is 15.4 Å². The summed E-state index contributed by atoms with van der Waals surface area (Å²) < 4.78 is 5.20. The van der Waals surface area contributed by atoms with Crippen LogP contribution >= 0.6 is 23.8 Å². The van der Waals surface area contributed by atoms with Crippen LogP contribution < -0.4 is 15.4 Å². The summed E-state index contributed by atoms with van der Waals surface area (Å²) in [5.74, 6) is 0.785. The number of aryl methyl sites for hydroxylation is 1. The van der Waals surface area contributed by atoms with E-state index < -0.39 is 0 Å². The zero-order valence-electron chi connectivity index (χ0n) is 11.2. The second kappa shape index (κ2) is 6.59. The van der Waals surface area contributed by atoms with Gasteiger partial charge in [-0.1, -0.05) is 17.7 Å². The molecule has 0 radical (unpaired) electrons. The lowest BCUT2D eigenvalue weighted by atomic mass is 10.2. The van der Waals surface area contributed by atoms with Crippen LogP contribution in [0.4, 0.5) is 11.4 Å². The van der Waals surface area contributed by atoms with Crippen LogP contribution in [0.1, 0.15) is 5.56 Å². The number of anilines is 2. The number of methoxy groups -OCH3 is 1. The van der Waals surface area contributed by atoms with Crippen molar-refractivity contribution in [2.75, 3.05) is 17.7 Å². The highest BCUT2D eigenvalue weighted by Gasteiger charge is 2.03. The number of nitrogens with one attached hydrogen (secondary N) is 2. The zero-order valence-corrected chi connectivity index (χ0v) is 12.8. The van der Waals surface area contributed by atoms with Crippen LogP contribution in [0.2, 0.25) is 5.02 Å². The van der Waals surface area contributed by atoms with E-state index in [1.165, 1.54) is 0 Å². The topological polar surface area (TPSA) is 33.3 Å². The van der Waals surface area contributed by atoms with Crippen LogP contribution in [-0.2, 0) is 0 Å². The first-order valence-corrected chi connectivity index (χ1v) is 6.85. The Morgan fingerprint density at radius 3 is 2.45 bits per heavy atom. The van der Waals surface area contributed by atoms with E-state index in [1.54, 1.807) is 7.11 Å². The Morgan fingerprint density at radius 2 is 1.80 bits per heavy atom. The van der Waals surface area contributed by atoms with Crippen molar-refractivity contribution >= 4 is 40.3 Å². The Balaban J connectivity index is 2.06. The number of benzene rings is 2. The van der Waals surface area contributed by atoms with Gasteiger partial charge in [0.2, 0.25) is 0 Å². The zero-order chi connectivity index (χ0) is 14.5. The second-order valence-electron chi connectivity index (χ2n) is 4.27. The largest absolute Gasteiger partial charge is 0.497 e. The summed E-state index contributed by atoms with van der Waals surface area (Å²) in [5.41, 5.74) is 2.88. The minimum Gasteiger partial charge on any atom is -0.497 e. The van der Waals surface area contributed by atoms with Gasteiger partial charge in [0.1, 0.15) is 5.75 Å². The van der Waals surface area contributed by atoms with Crippen molar-refractivity contribution in [1.82, 2.24) is 0 Å². The van der Waals surface area contributed by atoms with Crippen molar-refractivity contribution in [3.63, 3.8) is 0 Å². The van der Waals surface area contributed by atoms with Crippen LogP contribution in [0.15, 0.2) is 42.5 Å². The third kappa shape index (κ3) is 3.85. The smallest absolute Gasteiger partial charge is 0.175 e. The van der Waals surface area contributed by atoms with E-state index in [4.69, 9.17) is 28.6 Å². The van der Waals surface area contributed by atoms with E-state index in [2.05, 4.69) is 10.6 Å². The molecule has 0 atom stereocenters. The lowest BCUT2D eigenvalue weighted by molar-refractivity contribution is 0.415. The Morgan fingerprint density at radius 1 is 1.10 bits per heavy atom. The van der Waals surface area contributed by atoms with Gasteiger partial charge in [-0.25, -0.2) is 0 Å². The first-order chi connectivity index (χ1) is 9.58. The summed E-state index contributed by atoms with van der Waals surface area (Å²) in [7, 11) is 1.64. The molecule has 104 valence electrons. The van der Waals surface area contributed by atoms with Crippen LogP contribution in [-0.4, -0.2) is 12.2 Å². The van der Waals surface area contributed by atoms with Gasteiger partial charge in [0, 0.05) is 22.5 Å². The molecular weight excluding hydrogens is 292 g/mol. The van der Waals surface area contributed by atoms with E-state index >= 15 is 0 Å². The molecule has 2 aromatic rings. The van der Waals surface area contributed by atoms with Crippen LogP contribution in [0, 0.1) is 6.92 Å². The quantitative estimate of drug-likeness (QED) is 0.820. The molecule has 0 heterocycles. The SMILES string of the molecule is COc1ccc(C)c(NC(=S)Nc2ccc(Cl)cc2)c1. The number of hydrogen-bond acceptors (Lipinski definition) is 2. The molecule has 0 fully saturated rings. The van der Waals surface area contributed by atoms with Gasteiger partial charge in [-0.05, 0) is 55.0 Å². The molecular formula is C15H15ClN2OS. The molecule has 5 heteroatoms. The Labute approximate surface area is 128 Å². The van der Waals surface area contributed by atoms with Crippen LogP contribution in [0.5, 0.6) is 5.75 Å². The van der Waals surface area contributed by atoms with E-state index in [0.717, 1.165) is 22.7 Å². The summed E-state index contributed by atoms with van der Waals surface area (Å²) >= 11 is 11.1. The van der Waals surface area contributed by atoms with Crippen molar-refractivity contribution in [3.05, 3.63) is 53.1 Å². The van der Waals surface area contributed by atoms with E-state index in [-0.39, 0.29) is 0 Å². The minimum atomic E-state index is 0.517. The Kier molecular flexibility index (Phi) is 4.82. The van der Waals surface area contributed by atoms with Crippen LogP contribution in [0.25, 0.3) is 0 Å². The number of ether oxygens (including phenoxy) is 1. The molecule has 0 aliphatic carbocycles. The summed E-state index contributed by atoms with van der Waals surface area (Å²) in [6, 6.07) is 13.2. The first-order valence-electron chi connectivity index (χ1n) is 6.06. The standard InChI is InChI=1S/C15H15ClN2OS/c1-10-3-8-13(19-2)9-14(10)18-15(20)17-12-6-4-11(16)5-7-12/h3-9H,1-2H3,(H2,17,18,20). The lowest BCUT2D eigenvalue weighted by Crippen LogP contribution is -2.19. The van der Waals surface area contributed by atoms with E-state index in [1.807, 2.05) is 49.4 Å². The van der Waals surface area contributed by atoms with Gasteiger partial charge >= 0.3 is 0 Å². The summed E-state index contributed by atoms with van der Waals surface area (Å²) in [4.78, 5) is 0. The predicted molar refractivity (Wildman–Crippen MR) is 89.0 cm³/mol. The van der Waals surface area contributed by atoms with Crippen molar-refractivity contribution in [3.8, 4) is 5.75 Å². The predicted octanol–water partition coefficient (Wildman–Crippen LogP) is 4.47. The summed E-state index contributed by atoms with van der Waals surface area (Å²) in [5, 5.41) is 7.47. The van der Waals surface area contributed by atoms with Crippen molar-refractivity contribution in [2.45, 2.75) is 6.92 Å². The average Bonchev–Trinajstić information content (AvgIpc) is 2.44. The third-order valence-electron chi connectivity index (χ3n) is 2.80. The molecule has 0 saturated heterocycles. The van der Waals surface area contributed by atoms with Crippen molar-refractivity contribution in [2.24, 2.45) is 0 Å². The summed E-state index contributed by atoms with van der Waals surface area (Å²) in [6.07, 6.45) is 0. The molecule has 0 aromatic heterocycles. The maximum atomic E-state index is 5.84. The molecule has 3 nitrogen and oxygen atoms in total. The fraction of sp³-hybridized carbons (Fsp3) is 0.133. The van der Waals surface area contributed by atoms with Gasteiger partial charge in [-0.3, -0.25) is 0 Å². The fourth-order valence-electron chi connectivity index (χ4n) is 1.68. The fourth-order valence-corrected chi connectivity index (χ4v) is 2.03. The highest BCUT2D eigenvalue weighted by Crippen LogP contribution is 2.22. The third-order valence-corrected chi connectivity index (χ3v) is 3.25. The maximum absolute atomic E-state index is 5.84. The highest BCUT2D eigenvalue weighted by molar-refractivity contribution is 7.80. The van der Waals surface area contributed by atoms with E-state index in [0.29, 0.717) is 10.1 Å². The average molecular weight is 307 g/mol. The van der Waals surface area contributed by atoms with Gasteiger partial charge in [0.05, 0.1) is 7.11 Å². The minimum absolute atomic E-state index is 0.517. The molecule has 20 heavy (non-hydrogen) atoms. The summed E-state index contributed by atoms with van der Waals surface area (Å²) in [6.45, 7) is 2.01. The monoisotopic (exact) mass is 306 g/mol. The van der Waals surface area contributed by atoms with E-state index in [9.17, 15) is 0 Å². The molecule has 0 amide bonds. The van der Waals surface area contributed by atoms with Gasteiger partial charge in [0.25, 0.3) is 0 Å². The molecule has 0 aliphatic rings. The number of hydrogen-bond donors (Lipinski definition) is 2. The lowest BCUT2D eigenvalue weighted by Gasteiger charge is -2.13. The molecule has 0 aliphatic heterocycles. The van der Waals surface area contributed by atoms with Crippen molar-refractivity contribution in [1.29, 1.82) is 0 Å². The molecule has 2 aromatic carbocycles. The van der Waals surface area contributed by atoms with Crippen molar-refractivity contribution < 1.29 is 4.74 Å². The Hall–Kier alpha value is -1.78. The van der Waals surface area contributed by atoms with Crippen LogP contribution in [0.3, 0.4) is 0 Å². The van der Waals surface area contributed by atoms with Gasteiger partial charge in [-0.15, -0.1) is 0 Å². The maximum Gasteiger partial charge on any atom is 0.175 e. The highest BCUT2D eigenvalue weighted by atomic mass is 35.5. The molecule has 2 N–H and O–H groups in total. The first kappa shape index (κ1) is 14.6. The number of halogens is 1. The number of thiocarbonyl (C=S) groups is 1. The Bertz CT molecular complexity index is 614. The normalized spacial score (nSPS) is 9.95. The molecule has 0 bridgehead atoms. The second-order valence-corrected chi connectivity index (χ2v) is 5.11. The van der Waals surface area contributed by atoms with Gasteiger partial charge in [-0.2, -0.15) is 0 Å². The molecule has 0 unspecified atom stereocenters. The molecule has 0 spiro atoms. The molecule has 0 saturated carbocycles. The molecule has 2 rings (SSSR count). The van der Waals surface area contributed by atoms with Gasteiger partial charge in [0.15, 0.2) is 5.11 Å².